The second kappa shape index (κ2) is 24.4. The first-order chi connectivity index (χ1) is 33.6. The smallest absolute Gasteiger partial charge is 0.412 e. The van der Waals surface area contributed by atoms with Crippen molar-refractivity contribution < 1.29 is 79.5 Å². The molecule has 0 saturated carbocycles. The third-order valence-corrected chi connectivity index (χ3v) is 9.83. The van der Waals surface area contributed by atoms with E-state index in [9.17, 15) is 55.8 Å². The fourth-order valence-electron chi connectivity index (χ4n) is 6.56. The molecule has 0 aliphatic rings. The van der Waals surface area contributed by atoms with Crippen LogP contribution >= 0.6 is 0 Å². The molecule has 21 heteroatoms. The lowest BCUT2D eigenvalue weighted by atomic mass is 10.0. The van der Waals surface area contributed by atoms with E-state index in [4.69, 9.17) is 18.9 Å². The number of halogens is 5. The minimum Gasteiger partial charge on any atom is -0.508 e. The average Bonchev–Trinajstić information content (AvgIpc) is 3.32. The fraction of sp³-hybridized carbons (Fsp3) is 0.280. The van der Waals surface area contributed by atoms with Crippen molar-refractivity contribution in [3.63, 3.8) is 0 Å². The number of aromatic hydroxyl groups is 1. The van der Waals surface area contributed by atoms with E-state index in [1.165, 1.54) is 60.7 Å². The highest BCUT2D eigenvalue weighted by Gasteiger charge is 2.33. The molecule has 0 aliphatic heterocycles. The molecule has 0 heterocycles. The van der Waals surface area contributed by atoms with Gasteiger partial charge in [-0.15, -0.1) is 0 Å². The lowest BCUT2D eigenvalue weighted by molar-refractivity contribution is -0.145. The maximum Gasteiger partial charge on any atom is 0.412 e. The number of ether oxygens (including phenoxy) is 5. The second-order valence-corrected chi connectivity index (χ2v) is 16.6. The number of hydrogen-bond donors (Lipinski definition) is 5. The van der Waals surface area contributed by atoms with Crippen molar-refractivity contribution in [1.82, 2.24) is 16.0 Å². The van der Waals surface area contributed by atoms with Gasteiger partial charge in [0.25, 0.3) is 0 Å². The molecule has 5 rings (SSSR count). The van der Waals surface area contributed by atoms with Crippen LogP contribution in [0, 0.1) is 29.1 Å². The third kappa shape index (κ3) is 15.9. The van der Waals surface area contributed by atoms with Crippen LogP contribution in [0.4, 0.5) is 37.2 Å². The Kier molecular flexibility index (Phi) is 18.4. The van der Waals surface area contributed by atoms with Gasteiger partial charge in [0.1, 0.15) is 41.8 Å². The number of alkyl carbamates (subject to hydrolysis) is 1. The van der Waals surface area contributed by atoms with Crippen LogP contribution in [0.3, 0.4) is 0 Å². The van der Waals surface area contributed by atoms with Crippen molar-refractivity contribution >= 4 is 41.6 Å². The maximum absolute atomic E-state index is 14.5. The van der Waals surface area contributed by atoms with E-state index < -0.39 is 101 Å². The zero-order valence-electron chi connectivity index (χ0n) is 38.8. The van der Waals surface area contributed by atoms with Crippen LogP contribution in [0.2, 0.25) is 0 Å². The molecule has 0 aliphatic carbocycles. The molecule has 5 aromatic carbocycles. The van der Waals surface area contributed by atoms with Crippen LogP contribution in [0.5, 0.6) is 23.0 Å². The molecule has 0 saturated heterocycles. The Morgan fingerprint density at radius 1 is 0.606 bits per heavy atom. The number of anilines is 1. The van der Waals surface area contributed by atoms with Gasteiger partial charge in [-0.1, -0.05) is 60.7 Å². The molecule has 376 valence electrons. The zero-order chi connectivity index (χ0) is 52.0. The van der Waals surface area contributed by atoms with E-state index in [0.29, 0.717) is 11.1 Å². The number of hydrogen-bond acceptors (Lipinski definition) is 12. The van der Waals surface area contributed by atoms with Crippen molar-refractivity contribution in [3.05, 3.63) is 148 Å². The SMILES string of the molecule is CCOC(=O)[C@H](Cc1ccc(NC(=O)OCc2ccccc2)c(Oc2ccc(C[C@H](NC(C)=O)C(=O)N[C@@H](Cc3ccc(O)cc3)C(=O)Oc3c(F)c(F)c(F)c(F)c3F)cc2)c1)NC(=O)OC(C)(C)C. The summed E-state index contributed by atoms with van der Waals surface area (Å²) in [7, 11) is 0. The number of nitrogens with one attached hydrogen (secondary N) is 4. The summed E-state index contributed by atoms with van der Waals surface area (Å²) >= 11 is 0. The number of phenols is 1. The first-order valence-corrected chi connectivity index (χ1v) is 21.7. The van der Waals surface area contributed by atoms with Crippen molar-refractivity contribution in [2.75, 3.05) is 11.9 Å². The van der Waals surface area contributed by atoms with E-state index in [-0.39, 0.29) is 54.6 Å². The molecule has 0 bridgehead atoms. The Morgan fingerprint density at radius 3 is 1.75 bits per heavy atom. The van der Waals surface area contributed by atoms with Gasteiger partial charge >= 0.3 is 24.1 Å². The normalized spacial score (nSPS) is 12.3. The molecular weight excluding hydrogens is 944 g/mol. The molecule has 4 amide bonds. The minimum atomic E-state index is -2.49. The molecule has 16 nitrogen and oxygen atoms in total. The van der Waals surface area contributed by atoms with Crippen LogP contribution in [-0.4, -0.2) is 71.4 Å². The van der Waals surface area contributed by atoms with Gasteiger partial charge in [-0.25, -0.2) is 32.3 Å². The quantitative estimate of drug-likeness (QED) is 0.0133. The number of phenolic OH excluding ortho intramolecular Hbond substituents is 1. The van der Waals surface area contributed by atoms with Crippen molar-refractivity contribution in [2.24, 2.45) is 0 Å². The summed E-state index contributed by atoms with van der Waals surface area (Å²) in [6.45, 7) is 7.63. The molecule has 5 aromatic rings. The zero-order valence-corrected chi connectivity index (χ0v) is 38.8. The van der Waals surface area contributed by atoms with Gasteiger partial charge in [0.2, 0.25) is 46.6 Å². The summed E-state index contributed by atoms with van der Waals surface area (Å²) in [6, 6.07) is 20.0. The Bertz CT molecular complexity index is 2690. The van der Waals surface area contributed by atoms with Crippen LogP contribution in [-0.2, 0) is 59.3 Å². The highest BCUT2D eigenvalue weighted by molar-refractivity contribution is 5.91. The van der Waals surface area contributed by atoms with Crippen molar-refractivity contribution in [3.8, 4) is 23.0 Å². The topological polar surface area (TPSA) is 217 Å². The monoisotopic (exact) mass is 992 g/mol. The van der Waals surface area contributed by atoms with Gasteiger partial charge in [0.05, 0.1) is 12.3 Å². The van der Waals surface area contributed by atoms with Crippen molar-refractivity contribution in [1.29, 1.82) is 0 Å². The molecule has 5 N–H and O–H groups in total. The maximum atomic E-state index is 14.5. The van der Waals surface area contributed by atoms with Gasteiger partial charge in [-0.3, -0.25) is 14.9 Å². The molecule has 0 unspecified atom stereocenters. The fourth-order valence-corrected chi connectivity index (χ4v) is 6.56. The van der Waals surface area contributed by atoms with E-state index in [1.54, 1.807) is 64.1 Å². The number of carbonyl (C=O) groups is 6. The highest BCUT2D eigenvalue weighted by Crippen LogP contribution is 2.33. The number of amides is 4. The first-order valence-electron chi connectivity index (χ1n) is 21.7. The van der Waals surface area contributed by atoms with Gasteiger partial charge < -0.3 is 44.7 Å². The molecular formula is C50H49F5N4O12. The summed E-state index contributed by atoms with van der Waals surface area (Å²) in [4.78, 5) is 78.3. The van der Waals surface area contributed by atoms with E-state index in [0.717, 1.165) is 12.5 Å². The molecule has 0 radical (unpaired) electrons. The van der Waals surface area contributed by atoms with E-state index in [2.05, 4.69) is 26.0 Å². The Hall–Kier alpha value is -8.23. The number of carbonyl (C=O) groups excluding carboxylic acids is 6. The second-order valence-electron chi connectivity index (χ2n) is 16.6. The van der Waals surface area contributed by atoms with Gasteiger partial charge in [0.15, 0.2) is 5.75 Å². The Balaban J connectivity index is 1.39. The summed E-state index contributed by atoms with van der Waals surface area (Å²) < 4.78 is 97.6. The standard InChI is InChI=1S/C50H49F5N4O12/c1-6-67-46(63)36(59-49(66)71-50(3,4)5)24-31-16-21-34(58-48(65)68-26-30-10-8-7-9-11-30)38(25-31)69-33-19-14-29(15-20-33)22-35(56-27(2)60)45(62)57-37(23-28-12-17-32(61)18-13-28)47(64)70-44-42(54)40(52)39(51)41(53)43(44)55/h7-21,25,35-37,61H,6,22-24,26H2,1-5H3,(H,56,60)(H,57,62)(H,58,65)(H,59,66)/t35-,36-,37-/m0/s1. The number of rotatable bonds is 19. The highest BCUT2D eigenvalue weighted by atomic mass is 19.2. The molecule has 0 spiro atoms. The first kappa shape index (κ1) is 53.7. The number of benzene rings is 5. The summed E-state index contributed by atoms with van der Waals surface area (Å²) in [5, 5.41) is 19.7. The predicted molar refractivity (Wildman–Crippen MR) is 244 cm³/mol. The summed E-state index contributed by atoms with van der Waals surface area (Å²) in [6.07, 6.45) is -2.54. The lowest BCUT2D eigenvalue weighted by Crippen LogP contribution is -2.53. The third-order valence-electron chi connectivity index (χ3n) is 9.83. The lowest BCUT2D eigenvalue weighted by Gasteiger charge is -2.23. The number of esters is 2. The van der Waals surface area contributed by atoms with Crippen LogP contribution in [0.25, 0.3) is 0 Å². The van der Waals surface area contributed by atoms with Crippen LogP contribution in [0.15, 0.2) is 97.1 Å². The molecule has 71 heavy (non-hydrogen) atoms. The van der Waals surface area contributed by atoms with Gasteiger partial charge in [-0.2, -0.15) is 8.78 Å². The van der Waals surface area contributed by atoms with Gasteiger partial charge in [0, 0.05) is 26.2 Å². The van der Waals surface area contributed by atoms with Crippen LogP contribution < -0.4 is 30.7 Å². The largest absolute Gasteiger partial charge is 0.508 e. The van der Waals surface area contributed by atoms with Crippen LogP contribution in [0.1, 0.15) is 56.9 Å². The molecule has 3 atom stereocenters. The minimum absolute atomic E-state index is 0.0199. The van der Waals surface area contributed by atoms with Gasteiger partial charge in [-0.05, 0) is 86.3 Å². The Labute approximate surface area is 403 Å². The van der Waals surface area contributed by atoms with E-state index >= 15 is 0 Å². The van der Waals surface area contributed by atoms with Crippen molar-refractivity contribution in [2.45, 2.75) is 84.2 Å². The molecule has 0 aromatic heterocycles. The predicted octanol–water partition coefficient (Wildman–Crippen LogP) is 8.01. The molecule has 0 fully saturated rings. The van der Waals surface area contributed by atoms with E-state index in [1.807, 2.05) is 0 Å². The Morgan fingerprint density at radius 2 is 1.15 bits per heavy atom. The summed E-state index contributed by atoms with van der Waals surface area (Å²) in [5.41, 5.74) is 1.06. The summed E-state index contributed by atoms with van der Waals surface area (Å²) in [5.74, 6) is -18.1. The average molecular weight is 993 g/mol.